The monoisotopic (exact) mass is 663 g/mol. The summed E-state index contributed by atoms with van der Waals surface area (Å²) in [4.78, 5) is 68.9. The number of thiazole rings is 1. The number of nitrogens with one attached hydrogen (secondary N) is 2. The van der Waals surface area contributed by atoms with E-state index in [-0.39, 0.29) is 46.3 Å². The molecule has 0 spiro atoms. The lowest BCUT2D eigenvalue weighted by atomic mass is 9.68. The van der Waals surface area contributed by atoms with E-state index < -0.39 is 35.7 Å². The molecule has 3 heterocycles. The number of aromatic amines is 1. The number of ether oxygens (including phenoxy) is 2. The van der Waals surface area contributed by atoms with E-state index in [1.54, 1.807) is 17.8 Å². The summed E-state index contributed by atoms with van der Waals surface area (Å²) in [5.41, 5.74) is 2.52. The molecule has 2 saturated carbocycles. The number of H-pyrrole nitrogens is 1. The van der Waals surface area contributed by atoms with E-state index >= 15 is 0 Å². The molecule has 13 heteroatoms. The minimum absolute atomic E-state index is 0.0394. The lowest BCUT2D eigenvalue weighted by Gasteiger charge is -2.43. The van der Waals surface area contributed by atoms with Gasteiger partial charge in [0.05, 0.1) is 23.5 Å². The van der Waals surface area contributed by atoms with Crippen molar-refractivity contribution in [1.29, 1.82) is 0 Å². The van der Waals surface area contributed by atoms with Crippen LogP contribution in [0.15, 0.2) is 52.3 Å². The van der Waals surface area contributed by atoms with Crippen LogP contribution in [0.4, 0.5) is 5.69 Å². The average molecular weight is 664 g/mol. The Morgan fingerprint density at radius 2 is 1.80 bits per heavy atom. The van der Waals surface area contributed by atoms with Gasteiger partial charge in [-0.1, -0.05) is 35.6 Å². The Morgan fingerprint density at radius 3 is 2.52 bits per heavy atom. The quantitative estimate of drug-likeness (QED) is 0.287. The van der Waals surface area contributed by atoms with Gasteiger partial charge in [-0.05, 0) is 74.3 Å². The predicted octanol–water partition coefficient (Wildman–Crippen LogP) is 4.11. The van der Waals surface area contributed by atoms with E-state index in [0.29, 0.717) is 30.2 Å². The number of carbonyl (C=O) groups is 4. The summed E-state index contributed by atoms with van der Waals surface area (Å²) in [6.07, 6.45) is 0.690. The molecule has 1 aromatic heterocycles. The number of aryl methyl sites for hydroxylation is 1. The smallest absolute Gasteiger partial charge is 0.326 e. The van der Waals surface area contributed by atoms with Crippen molar-refractivity contribution < 1.29 is 33.8 Å². The Bertz CT molecular complexity index is 1820. The predicted molar refractivity (Wildman–Crippen MR) is 170 cm³/mol. The maximum absolute atomic E-state index is 13.7. The van der Waals surface area contributed by atoms with Crippen LogP contribution in [-0.4, -0.2) is 63.2 Å². The van der Waals surface area contributed by atoms with Crippen LogP contribution in [0.5, 0.6) is 11.5 Å². The number of benzene rings is 2. The zero-order valence-electron chi connectivity index (χ0n) is 25.4. The number of likely N-dealkylation sites (tertiary alicyclic amines) is 1. The molecule has 46 heavy (non-hydrogen) atoms. The van der Waals surface area contributed by atoms with Gasteiger partial charge in [0.2, 0.25) is 11.8 Å². The first-order valence-corrected chi connectivity index (χ1v) is 17.0. The van der Waals surface area contributed by atoms with Gasteiger partial charge in [0, 0.05) is 21.7 Å². The third kappa shape index (κ3) is 4.82. The molecule has 2 bridgehead atoms. The minimum Gasteiger partial charge on any atom is -0.490 e. The van der Waals surface area contributed by atoms with Gasteiger partial charge in [0.1, 0.15) is 6.04 Å². The van der Waals surface area contributed by atoms with E-state index in [1.807, 2.05) is 50.2 Å². The number of anilines is 1. The van der Waals surface area contributed by atoms with Gasteiger partial charge in [-0.3, -0.25) is 24.1 Å². The van der Waals surface area contributed by atoms with Gasteiger partial charge in [-0.15, -0.1) is 11.8 Å². The number of imide groups is 1. The van der Waals surface area contributed by atoms with E-state index in [2.05, 4.69) is 10.3 Å². The van der Waals surface area contributed by atoms with Crippen LogP contribution in [0.25, 0.3) is 0 Å². The highest BCUT2D eigenvalue weighted by atomic mass is 32.2. The van der Waals surface area contributed by atoms with Crippen molar-refractivity contribution in [2.45, 2.75) is 49.4 Å². The number of para-hydroxylation sites is 1. The fourth-order valence-electron chi connectivity index (χ4n) is 8.05. The summed E-state index contributed by atoms with van der Waals surface area (Å²) in [6.45, 7) is 5.27. The van der Waals surface area contributed by atoms with Gasteiger partial charge in [-0.25, -0.2) is 4.79 Å². The van der Waals surface area contributed by atoms with Crippen molar-refractivity contribution in [3.05, 3.63) is 68.1 Å². The second-order valence-electron chi connectivity index (χ2n) is 12.3. The summed E-state index contributed by atoms with van der Waals surface area (Å²) in [5, 5.41) is 13.2. The number of aliphatic carboxylic acids is 1. The van der Waals surface area contributed by atoms with E-state index in [9.17, 15) is 29.1 Å². The molecule has 7 unspecified atom stereocenters. The maximum Gasteiger partial charge on any atom is 0.326 e. The Morgan fingerprint density at radius 1 is 1.07 bits per heavy atom. The molecule has 3 fully saturated rings. The number of rotatable bonds is 9. The van der Waals surface area contributed by atoms with Crippen molar-refractivity contribution in [2.75, 3.05) is 18.5 Å². The van der Waals surface area contributed by atoms with Crippen molar-refractivity contribution >= 4 is 52.5 Å². The SMILES string of the molecule is CCOc1cc([C@H]2c3sc(=O)[nH]c3SC3C4CC(C5C(=O)N(C(C)C(=O)O)C(=O)C45)C32)ccc1OCC(=O)Nc1ccccc1C. The number of hydrogen-bond acceptors (Lipinski definition) is 9. The summed E-state index contributed by atoms with van der Waals surface area (Å²) < 4.78 is 11.9. The normalized spacial score (nSPS) is 28.0. The maximum atomic E-state index is 13.7. The first-order valence-electron chi connectivity index (χ1n) is 15.3. The van der Waals surface area contributed by atoms with Crippen LogP contribution in [0.3, 0.4) is 0 Å². The molecule has 3 aromatic rings. The Hall–Kier alpha value is -4.10. The molecular weight excluding hydrogens is 631 g/mol. The lowest BCUT2D eigenvalue weighted by molar-refractivity contribution is -0.154. The number of carboxylic acids is 1. The van der Waals surface area contributed by atoms with Crippen molar-refractivity contribution in [3.63, 3.8) is 0 Å². The first-order chi connectivity index (χ1) is 22.1. The van der Waals surface area contributed by atoms with Gasteiger partial charge < -0.3 is 24.9 Å². The average Bonchev–Trinajstić information content (AvgIpc) is 3.76. The van der Waals surface area contributed by atoms with Crippen LogP contribution >= 0.6 is 23.1 Å². The zero-order chi connectivity index (χ0) is 32.4. The van der Waals surface area contributed by atoms with Gasteiger partial charge in [-0.2, -0.15) is 0 Å². The van der Waals surface area contributed by atoms with Crippen molar-refractivity contribution in [3.8, 4) is 11.5 Å². The Kier molecular flexibility index (Phi) is 7.71. The Labute approximate surface area is 272 Å². The number of fused-ring (bicyclic) bond motifs is 9. The number of aromatic nitrogens is 1. The van der Waals surface area contributed by atoms with Gasteiger partial charge >= 0.3 is 10.8 Å². The number of carboxylic acid groups (broad SMARTS) is 1. The minimum atomic E-state index is -1.23. The molecule has 3 amide bonds. The van der Waals surface area contributed by atoms with Crippen molar-refractivity contribution in [2.24, 2.45) is 29.6 Å². The molecule has 0 radical (unpaired) electrons. The van der Waals surface area contributed by atoms with Crippen LogP contribution in [0.2, 0.25) is 0 Å². The van der Waals surface area contributed by atoms with Crippen LogP contribution in [0.1, 0.15) is 42.2 Å². The largest absolute Gasteiger partial charge is 0.490 e. The fraction of sp³-hybridized carbons (Fsp3) is 0.424. The van der Waals surface area contributed by atoms with Crippen LogP contribution < -0.4 is 19.7 Å². The molecule has 11 nitrogen and oxygen atoms in total. The van der Waals surface area contributed by atoms with E-state index in [4.69, 9.17) is 9.47 Å². The molecule has 240 valence electrons. The summed E-state index contributed by atoms with van der Waals surface area (Å²) in [6, 6.07) is 11.8. The standard InChI is InChI=1S/C33H33N3O8S2/c1-4-43-21-11-16(9-10-20(21)44-13-22(37)34-19-8-6-5-7-14(19)2)23-24-17-12-18(27(24)45-29-28(23)46-33(42)35-29)26-25(17)30(38)36(31(26)39)15(3)32(40)41/h5-11,15,17-18,23-27H,4,12-13H2,1-3H3,(H,34,37)(H,35,42)(H,40,41)/t15?,17?,18?,23-,24?,25?,26?,27?/m1/s1. The summed E-state index contributed by atoms with van der Waals surface area (Å²) in [7, 11) is 0. The highest BCUT2D eigenvalue weighted by Gasteiger charge is 2.70. The fourth-order valence-corrected chi connectivity index (χ4v) is 10.9. The topological polar surface area (TPSA) is 155 Å². The second-order valence-corrected chi connectivity index (χ2v) is 14.5. The zero-order valence-corrected chi connectivity index (χ0v) is 27.0. The summed E-state index contributed by atoms with van der Waals surface area (Å²) in [5.74, 6) is -3.20. The molecule has 2 aliphatic heterocycles. The number of hydrogen-bond donors (Lipinski definition) is 3. The third-order valence-corrected chi connectivity index (χ3v) is 12.5. The van der Waals surface area contributed by atoms with E-state index in [1.165, 1.54) is 6.92 Å². The molecule has 4 aliphatic rings. The second kappa shape index (κ2) is 11.6. The third-order valence-electron chi connectivity index (χ3n) is 9.91. The van der Waals surface area contributed by atoms with E-state index in [0.717, 1.165) is 37.3 Å². The number of thioether (sulfide) groups is 1. The molecular formula is C33H33N3O8S2. The number of amides is 3. The molecule has 2 aliphatic carbocycles. The number of carbonyl (C=O) groups excluding carboxylic acids is 3. The van der Waals surface area contributed by atoms with Gasteiger partial charge in [0.25, 0.3) is 5.91 Å². The lowest BCUT2D eigenvalue weighted by Crippen LogP contribution is -2.44. The molecule has 7 rings (SSSR count). The van der Waals surface area contributed by atoms with Crippen LogP contribution in [-0.2, 0) is 19.2 Å². The summed E-state index contributed by atoms with van der Waals surface area (Å²) >= 11 is 2.71. The highest BCUT2D eigenvalue weighted by Crippen LogP contribution is 2.68. The number of nitrogens with zero attached hydrogens (tertiary/aromatic N) is 1. The van der Waals surface area contributed by atoms with Crippen molar-refractivity contribution in [1.82, 2.24) is 9.88 Å². The Balaban J connectivity index is 1.20. The first kappa shape index (κ1) is 30.5. The molecule has 2 aromatic carbocycles. The van der Waals surface area contributed by atoms with Crippen LogP contribution in [0, 0.1) is 36.5 Å². The van der Waals surface area contributed by atoms with Gasteiger partial charge in [0.15, 0.2) is 18.1 Å². The molecule has 1 saturated heterocycles. The molecule has 8 atom stereocenters. The molecule has 3 N–H and O–H groups in total. The highest BCUT2D eigenvalue weighted by molar-refractivity contribution is 8.00.